The molecule has 1 aliphatic heterocycles. The Morgan fingerprint density at radius 2 is 1.72 bits per heavy atom. The first-order chi connectivity index (χ1) is 8.75. The van der Waals surface area contributed by atoms with Crippen LogP contribution in [0.25, 0.3) is 0 Å². The molecule has 0 aromatic heterocycles. The maximum Gasteiger partial charge on any atom is 0.00669 e. The summed E-state index contributed by atoms with van der Waals surface area (Å²) in [6, 6.07) is 0.747. The van der Waals surface area contributed by atoms with Gasteiger partial charge in [-0.2, -0.15) is 0 Å². The Morgan fingerprint density at radius 3 is 2.39 bits per heavy atom. The van der Waals surface area contributed by atoms with Crippen LogP contribution in [0.4, 0.5) is 0 Å². The topological polar surface area (TPSA) is 15.3 Å². The van der Waals surface area contributed by atoms with E-state index in [0.29, 0.717) is 0 Å². The van der Waals surface area contributed by atoms with Crippen LogP contribution in [0.15, 0.2) is 0 Å². The van der Waals surface area contributed by atoms with Gasteiger partial charge in [0.2, 0.25) is 0 Å². The third-order valence-corrected chi connectivity index (χ3v) is 5.21. The summed E-state index contributed by atoms with van der Waals surface area (Å²) in [5.74, 6) is 1.93. The normalized spacial score (nSPS) is 26.3. The fraction of sp³-hybridized carbons (Fsp3) is 1.00. The van der Waals surface area contributed by atoms with E-state index in [-0.39, 0.29) is 0 Å². The SMILES string of the molecule is CC(NCCC1CCN(C)CC1)C1CCCCC1. The van der Waals surface area contributed by atoms with Crippen LogP contribution in [0.1, 0.15) is 58.3 Å². The minimum absolute atomic E-state index is 0.747. The van der Waals surface area contributed by atoms with Crippen molar-refractivity contribution in [2.75, 3.05) is 26.7 Å². The molecule has 1 N–H and O–H groups in total. The molecule has 0 bridgehead atoms. The molecule has 0 aromatic rings. The molecule has 1 atom stereocenters. The van der Waals surface area contributed by atoms with E-state index < -0.39 is 0 Å². The highest BCUT2D eigenvalue weighted by atomic mass is 15.1. The van der Waals surface area contributed by atoms with Crippen LogP contribution in [0, 0.1) is 11.8 Å². The number of rotatable bonds is 5. The monoisotopic (exact) mass is 252 g/mol. The molecular weight excluding hydrogens is 220 g/mol. The van der Waals surface area contributed by atoms with Crippen molar-refractivity contribution >= 4 is 0 Å². The second kappa shape index (κ2) is 7.49. The molecular formula is C16H32N2. The minimum Gasteiger partial charge on any atom is -0.314 e. The molecule has 0 radical (unpaired) electrons. The Balaban J connectivity index is 1.56. The van der Waals surface area contributed by atoms with Crippen molar-refractivity contribution in [2.24, 2.45) is 11.8 Å². The summed E-state index contributed by atoms with van der Waals surface area (Å²) < 4.78 is 0. The van der Waals surface area contributed by atoms with E-state index in [4.69, 9.17) is 0 Å². The molecule has 1 unspecified atom stereocenters. The van der Waals surface area contributed by atoms with Crippen LogP contribution in [-0.2, 0) is 0 Å². The third kappa shape index (κ3) is 4.55. The molecule has 1 saturated heterocycles. The lowest BCUT2D eigenvalue weighted by Gasteiger charge is -2.31. The summed E-state index contributed by atoms with van der Waals surface area (Å²) >= 11 is 0. The lowest BCUT2D eigenvalue weighted by Crippen LogP contribution is -2.37. The van der Waals surface area contributed by atoms with Crippen molar-refractivity contribution in [3.8, 4) is 0 Å². The van der Waals surface area contributed by atoms with Crippen LogP contribution in [0.5, 0.6) is 0 Å². The van der Waals surface area contributed by atoms with Crippen molar-refractivity contribution < 1.29 is 0 Å². The van der Waals surface area contributed by atoms with E-state index in [0.717, 1.165) is 17.9 Å². The minimum atomic E-state index is 0.747. The first-order valence-electron chi connectivity index (χ1n) is 8.17. The molecule has 0 aromatic carbocycles. The maximum atomic E-state index is 3.80. The Morgan fingerprint density at radius 1 is 1.06 bits per heavy atom. The zero-order chi connectivity index (χ0) is 12.8. The van der Waals surface area contributed by atoms with Gasteiger partial charge >= 0.3 is 0 Å². The zero-order valence-electron chi connectivity index (χ0n) is 12.5. The Bertz CT molecular complexity index is 215. The predicted octanol–water partition coefficient (Wildman–Crippen LogP) is 3.28. The summed E-state index contributed by atoms with van der Waals surface area (Å²) in [5, 5.41) is 3.80. The molecule has 2 rings (SSSR count). The summed E-state index contributed by atoms with van der Waals surface area (Å²) in [7, 11) is 2.25. The van der Waals surface area contributed by atoms with Crippen LogP contribution < -0.4 is 5.32 Å². The van der Waals surface area contributed by atoms with Gasteiger partial charge < -0.3 is 10.2 Å². The lowest BCUT2D eigenvalue weighted by atomic mass is 9.84. The van der Waals surface area contributed by atoms with Gasteiger partial charge in [0.15, 0.2) is 0 Å². The van der Waals surface area contributed by atoms with Crippen molar-refractivity contribution in [3.05, 3.63) is 0 Å². The Kier molecular flexibility index (Phi) is 5.97. The molecule has 2 fully saturated rings. The van der Waals surface area contributed by atoms with Crippen LogP contribution >= 0.6 is 0 Å². The Labute approximate surface area is 114 Å². The van der Waals surface area contributed by atoms with Gasteiger partial charge in [-0.25, -0.2) is 0 Å². The van der Waals surface area contributed by atoms with E-state index in [1.54, 1.807) is 0 Å². The number of hydrogen-bond donors (Lipinski definition) is 1. The fourth-order valence-corrected chi connectivity index (χ4v) is 3.67. The maximum absolute atomic E-state index is 3.80. The molecule has 1 aliphatic carbocycles. The summed E-state index contributed by atoms with van der Waals surface area (Å²) in [4.78, 5) is 2.47. The van der Waals surface area contributed by atoms with E-state index in [2.05, 4.69) is 24.2 Å². The number of likely N-dealkylation sites (tertiary alicyclic amines) is 1. The molecule has 18 heavy (non-hydrogen) atoms. The number of hydrogen-bond acceptors (Lipinski definition) is 2. The second-order valence-electron chi connectivity index (χ2n) is 6.68. The molecule has 2 aliphatic rings. The van der Waals surface area contributed by atoms with Crippen molar-refractivity contribution in [1.82, 2.24) is 10.2 Å². The molecule has 1 heterocycles. The van der Waals surface area contributed by atoms with E-state index in [1.165, 1.54) is 71.0 Å². The number of nitrogens with one attached hydrogen (secondary N) is 1. The van der Waals surface area contributed by atoms with Crippen LogP contribution in [0.3, 0.4) is 0 Å². The van der Waals surface area contributed by atoms with Crippen molar-refractivity contribution in [3.63, 3.8) is 0 Å². The van der Waals surface area contributed by atoms with Gasteiger partial charge in [0.25, 0.3) is 0 Å². The van der Waals surface area contributed by atoms with E-state index in [1.807, 2.05) is 0 Å². The molecule has 0 spiro atoms. The molecule has 2 nitrogen and oxygen atoms in total. The van der Waals surface area contributed by atoms with Gasteiger partial charge in [-0.05, 0) is 77.5 Å². The van der Waals surface area contributed by atoms with Crippen molar-refractivity contribution in [1.29, 1.82) is 0 Å². The number of piperidine rings is 1. The fourth-order valence-electron chi connectivity index (χ4n) is 3.67. The Hall–Kier alpha value is -0.0800. The lowest BCUT2D eigenvalue weighted by molar-refractivity contribution is 0.206. The smallest absolute Gasteiger partial charge is 0.00669 e. The quantitative estimate of drug-likeness (QED) is 0.808. The number of nitrogens with zero attached hydrogens (tertiary/aromatic N) is 1. The zero-order valence-corrected chi connectivity index (χ0v) is 12.5. The largest absolute Gasteiger partial charge is 0.314 e. The summed E-state index contributed by atoms with van der Waals surface area (Å²) in [6.45, 7) is 6.27. The van der Waals surface area contributed by atoms with Gasteiger partial charge in [0, 0.05) is 6.04 Å². The highest BCUT2D eigenvalue weighted by Gasteiger charge is 2.20. The first-order valence-corrected chi connectivity index (χ1v) is 8.17. The molecule has 1 saturated carbocycles. The predicted molar refractivity (Wildman–Crippen MR) is 78.9 cm³/mol. The van der Waals surface area contributed by atoms with Gasteiger partial charge in [0.1, 0.15) is 0 Å². The second-order valence-corrected chi connectivity index (χ2v) is 6.68. The van der Waals surface area contributed by atoms with E-state index in [9.17, 15) is 0 Å². The van der Waals surface area contributed by atoms with E-state index >= 15 is 0 Å². The average molecular weight is 252 g/mol. The molecule has 106 valence electrons. The average Bonchev–Trinajstić information content (AvgIpc) is 2.42. The summed E-state index contributed by atoms with van der Waals surface area (Å²) in [5.41, 5.74) is 0. The van der Waals surface area contributed by atoms with Gasteiger partial charge in [-0.1, -0.05) is 19.3 Å². The third-order valence-electron chi connectivity index (χ3n) is 5.21. The molecule has 2 heteroatoms. The van der Waals surface area contributed by atoms with Crippen LogP contribution in [0.2, 0.25) is 0 Å². The van der Waals surface area contributed by atoms with Crippen molar-refractivity contribution in [2.45, 2.75) is 64.3 Å². The standard InChI is InChI=1S/C16H32N2/c1-14(16-6-4-3-5-7-16)17-11-8-15-9-12-18(2)13-10-15/h14-17H,3-13H2,1-2H3. The summed E-state index contributed by atoms with van der Waals surface area (Å²) in [6.07, 6.45) is 11.5. The van der Waals surface area contributed by atoms with Crippen LogP contribution in [-0.4, -0.2) is 37.6 Å². The van der Waals surface area contributed by atoms with Gasteiger partial charge in [0.05, 0.1) is 0 Å². The highest BCUT2D eigenvalue weighted by molar-refractivity contribution is 4.77. The first kappa shape index (κ1) is 14.3. The van der Waals surface area contributed by atoms with Gasteiger partial charge in [-0.15, -0.1) is 0 Å². The highest BCUT2D eigenvalue weighted by Crippen LogP contribution is 2.26. The molecule has 0 amide bonds. The van der Waals surface area contributed by atoms with Gasteiger partial charge in [-0.3, -0.25) is 0 Å².